The van der Waals surface area contributed by atoms with Gasteiger partial charge in [-0.15, -0.1) is 0 Å². The lowest BCUT2D eigenvalue weighted by Crippen LogP contribution is -2.48. The number of hydrogen-bond acceptors (Lipinski definition) is 2. The van der Waals surface area contributed by atoms with E-state index in [-0.39, 0.29) is 6.10 Å². The highest BCUT2D eigenvalue weighted by Crippen LogP contribution is 2.19. The topological polar surface area (TPSA) is 32.3 Å². The number of aliphatic hydroxyl groups is 1. The van der Waals surface area contributed by atoms with Crippen LogP contribution in [0.15, 0.2) is 0 Å². The number of hydrogen-bond donors (Lipinski definition) is 2. The van der Waals surface area contributed by atoms with Crippen LogP contribution in [0.2, 0.25) is 0 Å². The highest BCUT2D eigenvalue weighted by molar-refractivity contribution is 4.86. The molecule has 0 unspecified atom stereocenters. The molecule has 0 amide bonds. The maximum absolute atomic E-state index is 9.16. The Bertz CT molecular complexity index is 103. The van der Waals surface area contributed by atoms with Crippen LogP contribution in [-0.4, -0.2) is 23.8 Å². The zero-order chi connectivity index (χ0) is 7.56. The Hall–Kier alpha value is -0.0800. The molecular formula is C8H17NO. The van der Waals surface area contributed by atoms with E-state index in [1.807, 2.05) is 0 Å². The number of rotatable bonds is 3. The molecule has 0 aromatic carbocycles. The van der Waals surface area contributed by atoms with Gasteiger partial charge in [-0.3, -0.25) is 0 Å². The summed E-state index contributed by atoms with van der Waals surface area (Å²) in [7, 11) is 0. The molecule has 10 heavy (non-hydrogen) atoms. The average molecular weight is 143 g/mol. The summed E-state index contributed by atoms with van der Waals surface area (Å²) in [6.07, 6.45) is 2.06. The molecular weight excluding hydrogens is 126 g/mol. The Balaban J connectivity index is 2.03. The van der Waals surface area contributed by atoms with Crippen molar-refractivity contribution in [2.45, 2.75) is 38.8 Å². The van der Waals surface area contributed by atoms with Crippen LogP contribution in [0.3, 0.4) is 0 Å². The fourth-order valence-corrected chi connectivity index (χ4v) is 1.11. The van der Waals surface area contributed by atoms with Gasteiger partial charge in [-0.1, -0.05) is 13.8 Å². The molecule has 0 aromatic heterocycles. The molecule has 2 heteroatoms. The van der Waals surface area contributed by atoms with Crippen molar-refractivity contribution in [3.05, 3.63) is 0 Å². The third kappa shape index (κ3) is 1.96. The third-order valence-electron chi connectivity index (χ3n) is 2.03. The maximum Gasteiger partial charge on any atom is 0.0693 e. The van der Waals surface area contributed by atoms with Gasteiger partial charge in [-0.2, -0.15) is 0 Å². The van der Waals surface area contributed by atoms with Gasteiger partial charge < -0.3 is 10.4 Å². The normalized spacial score (nSPS) is 32.4. The molecule has 0 spiro atoms. The van der Waals surface area contributed by atoms with Crippen LogP contribution in [-0.2, 0) is 0 Å². The molecule has 0 radical (unpaired) electrons. The van der Waals surface area contributed by atoms with Gasteiger partial charge in [-0.25, -0.2) is 0 Å². The molecule has 1 rings (SSSR count). The van der Waals surface area contributed by atoms with Crippen LogP contribution in [0, 0.1) is 5.92 Å². The second-order valence-electron chi connectivity index (χ2n) is 3.55. The van der Waals surface area contributed by atoms with Gasteiger partial charge in [0.15, 0.2) is 0 Å². The quantitative estimate of drug-likeness (QED) is 0.611. The summed E-state index contributed by atoms with van der Waals surface area (Å²) >= 11 is 0. The van der Waals surface area contributed by atoms with Gasteiger partial charge in [0.2, 0.25) is 0 Å². The van der Waals surface area contributed by atoms with Crippen LogP contribution in [0.5, 0.6) is 0 Å². The van der Waals surface area contributed by atoms with Gasteiger partial charge in [0.25, 0.3) is 0 Å². The summed E-state index contributed by atoms with van der Waals surface area (Å²) < 4.78 is 0. The molecule has 2 atom stereocenters. The van der Waals surface area contributed by atoms with E-state index in [9.17, 15) is 0 Å². The fraction of sp³-hybridized carbons (Fsp3) is 1.00. The van der Waals surface area contributed by atoms with Gasteiger partial charge >= 0.3 is 0 Å². The molecule has 0 heterocycles. The summed E-state index contributed by atoms with van der Waals surface area (Å²) in [5.74, 6) is 0.688. The van der Waals surface area contributed by atoms with E-state index in [1.165, 1.54) is 0 Å². The maximum atomic E-state index is 9.16. The van der Waals surface area contributed by atoms with Crippen molar-refractivity contribution in [1.82, 2.24) is 5.32 Å². The first kappa shape index (κ1) is 8.02. The Morgan fingerprint density at radius 2 is 2.20 bits per heavy atom. The highest BCUT2D eigenvalue weighted by Gasteiger charge is 2.27. The van der Waals surface area contributed by atoms with Crippen LogP contribution < -0.4 is 5.32 Å². The van der Waals surface area contributed by atoms with E-state index >= 15 is 0 Å². The van der Waals surface area contributed by atoms with Crippen molar-refractivity contribution in [2.75, 3.05) is 6.54 Å². The Morgan fingerprint density at radius 3 is 2.50 bits per heavy atom. The molecule has 1 fully saturated rings. The summed E-state index contributed by atoms with van der Waals surface area (Å²) in [6.45, 7) is 5.39. The molecule has 0 bridgehead atoms. The first-order chi connectivity index (χ1) is 4.70. The SMILES string of the molecule is CC(C)CN[C@@H]1CC[C@@H]1O. The molecule has 1 aliphatic carbocycles. The van der Waals surface area contributed by atoms with E-state index in [2.05, 4.69) is 19.2 Å². The highest BCUT2D eigenvalue weighted by atomic mass is 16.3. The molecule has 0 aliphatic heterocycles. The second kappa shape index (κ2) is 3.35. The third-order valence-corrected chi connectivity index (χ3v) is 2.03. The van der Waals surface area contributed by atoms with Crippen molar-refractivity contribution < 1.29 is 5.11 Å². The first-order valence-corrected chi connectivity index (χ1v) is 4.11. The standard InChI is InChI=1S/C8H17NO/c1-6(2)5-9-7-3-4-8(7)10/h6-10H,3-5H2,1-2H3/t7-,8+/m1/s1. The van der Waals surface area contributed by atoms with Gasteiger partial charge in [0.05, 0.1) is 6.10 Å². The predicted molar refractivity (Wildman–Crippen MR) is 41.9 cm³/mol. The Morgan fingerprint density at radius 1 is 1.50 bits per heavy atom. The zero-order valence-corrected chi connectivity index (χ0v) is 6.80. The van der Waals surface area contributed by atoms with Crippen molar-refractivity contribution >= 4 is 0 Å². The van der Waals surface area contributed by atoms with E-state index in [4.69, 9.17) is 5.11 Å². The van der Waals surface area contributed by atoms with E-state index in [0.29, 0.717) is 12.0 Å². The molecule has 0 aromatic rings. The van der Waals surface area contributed by atoms with Crippen LogP contribution in [0.1, 0.15) is 26.7 Å². The summed E-state index contributed by atoms with van der Waals surface area (Å²) in [6, 6.07) is 0.391. The number of nitrogens with one attached hydrogen (secondary N) is 1. The monoisotopic (exact) mass is 143 g/mol. The molecule has 1 saturated carbocycles. The van der Waals surface area contributed by atoms with E-state index < -0.39 is 0 Å². The molecule has 60 valence electrons. The zero-order valence-electron chi connectivity index (χ0n) is 6.80. The molecule has 0 saturated heterocycles. The van der Waals surface area contributed by atoms with Gasteiger partial charge in [0.1, 0.15) is 0 Å². The van der Waals surface area contributed by atoms with Crippen molar-refractivity contribution in [2.24, 2.45) is 5.92 Å². The van der Waals surface area contributed by atoms with Crippen molar-refractivity contribution in [3.8, 4) is 0 Å². The Kier molecular flexibility index (Phi) is 2.69. The summed E-state index contributed by atoms with van der Waals surface area (Å²) in [4.78, 5) is 0. The largest absolute Gasteiger partial charge is 0.392 e. The van der Waals surface area contributed by atoms with Crippen LogP contribution in [0.4, 0.5) is 0 Å². The lowest BCUT2D eigenvalue weighted by atomic mass is 9.89. The van der Waals surface area contributed by atoms with Crippen LogP contribution in [0.25, 0.3) is 0 Å². The minimum absolute atomic E-state index is 0.0706. The van der Waals surface area contributed by atoms with Crippen molar-refractivity contribution in [1.29, 1.82) is 0 Å². The predicted octanol–water partition coefficient (Wildman–Crippen LogP) is 0.755. The number of aliphatic hydroxyl groups excluding tert-OH is 1. The molecule has 2 N–H and O–H groups in total. The smallest absolute Gasteiger partial charge is 0.0693 e. The van der Waals surface area contributed by atoms with E-state index in [0.717, 1.165) is 19.4 Å². The average Bonchev–Trinajstić information content (AvgIpc) is 1.84. The summed E-state index contributed by atoms with van der Waals surface area (Å²) in [5.41, 5.74) is 0. The second-order valence-corrected chi connectivity index (χ2v) is 3.55. The minimum atomic E-state index is -0.0706. The summed E-state index contributed by atoms with van der Waals surface area (Å²) in [5, 5.41) is 12.5. The Labute approximate surface area is 62.6 Å². The van der Waals surface area contributed by atoms with Crippen molar-refractivity contribution in [3.63, 3.8) is 0 Å². The van der Waals surface area contributed by atoms with E-state index in [1.54, 1.807) is 0 Å². The fourth-order valence-electron chi connectivity index (χ4n) is 1.11. The van der Waals surface area contributed by atoms with Crippen LogP contribution >= 0.6 is 0 Å². The van der Waals surface area contributed by atoms with Gasteiger partial charge in [-0.05, 0) is 25.3 Å². The lowest BCUT2D eigenvalue weighted by molar-refractivity contribution is 0.0488. The van der Waals surface area contributed by atoms with Gasteiger partial charge in [0, 0.05) is 6.04 Å². The molecule has 1 aliphatic rings. The first-order valence-electron chi connectivity index (χ1n) is 4.11. The molecule has 2 nitrogen and oxygen atoms in total. The minimum Gasteiger partial charge on any atom is -0.392 e. The lowest BCUT2D eigenvalue weighted by Gasteiger charge is -2.33.